The second-order valence-electron chi connectivity index (χ2n) is 5.15. The zero-order valence-corrected chi connectivity index (χ0v) is 12.7. The summed E-state index contributed by atoms with van der Waals surface area (Å²) < 4.78 is 5.67. The number of carbonyl (C=O) groups excluding carboxylic acids is 1. The predicted octanol–water partition coefficient (Wildman–Crippen LogP) is 3.24. The molecule has 0 aliphatic rings. The second kappa shape index (κ2) is 8.59. The maximum absolute atomic E-state index is 12.0. The average molecular weight is 278 g/mol. The molecule has 0 aliphatic heterocycles. The van der Waals surface area contributed by atoms with Crippen LogP contribution in [0.4, 0.5) is 5.69 Å². The van der Waals surface area contributed by atoms with E-state index in [1.54, 1.807) is 0 Å². The highest BCUT2D eigenvalue weighted by Gasteiger charge is 2.11. The highest BCUT2D eigenvalue weighted by Crippen LogP contribution is 2.26. The lowest BCUT2D eigenvalue weighted by Crippen LogP contribution is -2.27. The van der Waals surface area contributed by atoms with E-state index in [2.05, 4.69) is 19.2 Å². The van der Waals surface area contributed by atoms with Crippen molar-refractivity contribution in [2.24, 2.45) is 5.73 Å². The lowest BCUT2D eigenvalue weighted by atomic mass is 10.1. The summed E-state index contributed by atoms with van der Waals surface area (Å²) >= 11 is 0. The Bertz CT molecular complexity index is 432. The molecule has 0 radical (unpaired) electrons. The largest absolute Gasteiger partial charge is 0.491 e. The molecule has 1 unspecified atom stereocenters. The fourth-order valence-corrected chi connectivity index (χ4v) is 1.98. The monoisotopic (exact) mass is 278 g/mol. The van der Waals surface area contributed by atoms with Gasteiger partial charge in [-0.05, 0) is 37.5 Å². The third-order valence-electron chi connectivity index (χ3n) is 2.98. The molecule has 1 aromatic rings. The molecule has 4 nitrogen and oxygen atoms in total. The van der Waals surface area contributed by atoms with Crippen molar-refractivity contribution in [1.29, 1.82) is 0 Å². The van der Waals surface area contributed by atoms with Crippen LogP contribution in [0.1, 0.15) is 45.1 Å². The summed E-state index contributed by atoms with van der Waals surface area (Å²) in [5.74, 6) is 0.667. The molecule has 3 N–H and O–H groups in total. The van der Waals surface area contributed by atoms with Crippen LogP contribution in [0.25, 0.3) is 0 Å². The molecule has 0 saturated carbocycles. The van der Waals surface area contributed by atoms with Crippen LogP contribution in [0.3, 0.4) is 0 Å². The van der Waals surface area contributed by atoms with Crippen molar-refractivity contribution in [1.82, 2.24) is 0 Å². The van der Waals surface area contributed by atoms with Crippen molar-refractivity contribution in [3.05, 3.63) is 23.8 Å². The van der Waals surface area contributed by atoms with Crippen LogP contribution in [0.5, 0.6) is 5.75 Å². The summed E-state index contributed by atoms with van der Waals surface area (Å²) in [7, 11) is 0. The number of ether oxygens (including phenoxy) is 1. The van der Waals surface area contributed by atoms with Gasteiger partial charge in [0.2, 0.25) is 5.91 Å². The normalized spacial score (nSPS) is 12.0. The van der Waals surface area contributed by atoms with Gasteiger partial charge in [0.25, 0.3) is 0 Å². The van der Waals surface area contributed by atoms with Crippen molar-refractivity contribution in [3.8, 4) is 5.75 Å². The SMILES string of the molecule is CCCOc1cc(C)ccc1NC(=O)CC(N)CCC. The molecular weight excluding hydrogens is 252 g/mol. The summed E-state index contributed by atoms with van der Waals surface area (Å²) in [5.41, 5.74) is 7.72. The number of anilines is 1. The van der Waals surface area contributed by atoms with E-state index in [-0.39, 0.29) is 11.9 Å². The fraction of sp³-hybridized carbons (Fsp3) is 0.562. The highest BCUT2D eigenvalue weighted by molar-refractivity contribution is 5.92. The Balaban J connectivity index is 2.68. The number of amides is 1. The van der Waals surface area contributed by atoms with Gasteiger partial charge in [-0.3, -0.25) is 4.79 Å². The van der Waals surface area contributed by atoms with Gasteiger partial charge in [-0.2, -0.15) is 0 Å². The third kappa shape index (κ3) is 5.61. The Kier molecular flexibility index (Phi) is 7.09. The molecule has 4 heteroatoms. The lowest BCUT2D eigenvalue weighted by molar-refractivity contribution is -0.116. The molecule has 1 amide bonds. The molecule has 0 fully saturated rings. The Labute approximate surface area is 121 Å². The molecule has 112 valence electrons. The zero-order valence-electron chi connectivity index (χ0n) is 12.7. The van der Waals surface area contributed by atoms with Crippen LogP contribution in [-0.4, -0.2) is 18.6 Å². The molecule has 0 aromatic heterocycles. The van der Waals surface area contributed by atoms with Crippen molar-refractivity contribution in [2.75, 3.05) is 11.9 Å². The number of hydrogen-bond donors (Lipinski definition) is 2. The minimum atomic E-state index is -0.0783. The Morgan fingerprint density at radius 3 is 2.75 bits per heavy atom. The van der Waals surface area contributed by atoms with Crippen LogP contribution in [0, 0.1) is 6.92 Å². The van der Waals surface area contributed by atoms with E-state index in [9.17, 15) is 4.79 Å². The van der Waals surface area contributed by atoms with Gasteiger partial charge < -0.3 is 15.8 Å². The van der Waals surface area contributed by atoms with Crippen LogP contribution >= 0.6 is 0 Å². The number of carbonyl (C=O) groups is 1. The number of nitrogens with one attached hydrogen (secondary N) is 1. The first-order valence-electron chi connectivity index (χ1n) is 7.35. The highest BCUT2D eigenvalue weighted by atomic mass is 16.5. The maximum atomic E-state index is 12.0. The van der Waals surface area contributed by atoms with Crippen molar-refractivity contribution in [3.63, 3.8) is 0 Å². The Morgan fingerprint density at radius 1 is 1.35 bits per heavy atom. The van der Waals surface area contributed by atoms with Crippen LogP contribution in [0.15, 0.2) is 18.2 Å². The molecule has 1 rings (SSSR count). The summed E-state index contributed by atoms with van der Waals surface area (Å²) in [6.07, 6.45) is 3.13. The smallest absolute Gasteiger partial charge is 0.226 e. The van der Waals surface area contributed by atoms with Crippen LogP contribution < -0.4 is 15.8 Å². The average Bonchev–Trinajstić information content (AvgIpc) is 2.39. The van der Waals surface area contributed by atoms with E-state index >= 15 is 0 Å². The van der Waals surface area contributed by atoms with Gasteiger partial charge in [0.15, 0.2) is 0 Å². The van der Waals surface area contributed by atoms with Crippen molar-refractivity contribution >= 4 is 11.6 Å². The maximum Gasteiger partial charge on any atom is 0.226 e. The van der Waals surface area contributed by atoms with Crippen molar-refractivity contribution in [2.45, 2.75) is 52.5 Å². The van der Waals surface area contributed by atoms with Gasteiger partial charge in [0.1, 0.15) is 5.75 Å². The number of benzene rings is 1. The van der Waals surface area contributed by atoms with E-state index < -0.39 is 0 Å². The van der Waals surface area contributed by atoms with E-state index in [0.29, 0.717) is 13.0 Å². The number of rotatable bonds is 8. The third-order valence-corrected chi connectivity index (χ3v) is 2.98. The first-order chi connectivity index (χ1) is 9.56. The quantitative estimate of drug-likeness (QED) is 0.767. The topological polar surface area (TPSA) is 64.3 Å². The number of nitrogens with two attached hydrogens (primary N) is 1. The summed E-state index contributed by atoms with van der Waals surface area (Å²) in [4.78, 5) is 12.0. The molecule has 0 heterocycles. The van der Waals surface area contributed by atoms with Gasteiger partial charge in [-0.1, -0.05) is 26.3 Å². The molecule has 0 aliphatic carbocycles. The number of aryl methyl sites for hydroxylation is 1. The fourth-order valence-electron chi connectivity index (χ4n) is 1.98. The lowest BCUT2D eigenvalue weighted by Gasteiger charge is -2.14. The van der Waals surface area contributed by atoms with E-state index in [1.807, 2.05) is 25.1 Å². The van der Waals surface area contributed by atoms with Crippen LogP contribution in [-0.2, 0) is 4.79 Å². The minimum Gasteiger partial charge on any atom is -0.491 e. The Hall–Kier alpha value is -1.55. The first kappa shape index (κ1) is 16.5. The molecule has 0 spiro atoms. The van der Waals surface area contributed by atoms with Gasteiger partial charge in [0, 0.05) is 12.5 Å². The Morgan fingerprint density at radius 2 is 2.10 bits per heavy atom. The first-order valence-corrected chi connectivity index (χ1v) is 7.35. The molecule has 1 atom stereocenters. The van der Waals surface area contributed by atoms with E-state index in [4.69, 9.17) is 10.5 Å². The molecular formula is C16H26N2O2. The standard InChI is InChI=1S/C16H26N2O2/c1-4-6-13(17)11-16(19)18-14-8-7-12(3)10-15(14)20-9-5-2/h7-8,10,13H,4-6,9,11,17H2,1-3H3,(H,18,19). The van der Waals surface area contributed by atoms with Gasteiger partial charge in [0.05, 0.1) is 12.3 Å². The summed E-state index contributed by atoms with van der Waals surface area (Å²) in [5, 5.41) is 2.89. The predicted molar refractivity (Wildman–Crippen MR) is 83.1 cm³/mol. The van der Waals surface area contributed by atoms with Crippen molar-refractivity contribution < 1.29 is 9.53 Å². The van der Waals surface area contributed by atoms with Crippen LogP contribution in [0.2, 0.25) is 0 Å². The molecule has 1 aromatic carbocycles. The van der Waals surface area contributed by atoms with E-state index in [1.165, 1.54) is 0 Å². The summed E-state index contributed by atoms with van der Waals surface area (Å²) in [6, 6.07) is 5.70. The van der Waals surface area contributed by atoms with E-state index in [0.717, 1.165) is 36.3 Å². The zero-order chi connectivity index (χ0) is 15.0. The van der Waals surface area contributed by atoms with Gasteiger partial charge in [-0.15, -0.1) is 0 Å². The molecule has 0 saturated heterocycles. The van der Waals surface area contributed by atoms with Gasteiger partial charge in [-0.25, -0.2) is 0 Å². The van der Waals surface area contributed by atoms with Gasteiger partial charge >= 0.3 is 0 Å². The molecule has 20 heavy (non-hydrogen) atoms. The second-order valence-corrected chi connectivity index (χ2v) is 5.15. The summed E-state index contributed by atoms with van der Waals surface area (Å²) in [6.45, 7) is 6.76. The minimum absolute atomic E-state index is 0.0591. The number of hydrogen-bond acceptors (Lipinski definition) is 3. The molecule has 0 bridgehead atoms.